The maximum atomic E-state index is 12.2. The lowest BCUT2D eigenvalue weighted by Crippen LogP contribution is -2.16. The van der Waals surface area contributed by atoms with Crippen molar-refractivity contribution in [3.05, 3.63) is 29.8 Å². The summed E-state index contributed by atoms with van der Waals surface area (Å²) < 4.78 is 0. The molecule has 4 heteroatoms. The molecule has 2 aliphatic carbocycles. The van der Waals surface area contributed by atoms with Gasteiger partial charge in [0.15, 0.2) is 0 Å². The van der Waals surface area contributed by atoms with Crippen LogP contribution >= 0.6 is 12.2 Å². The van der Waals surface area contributed by atoms with Gasteiger partial charge in [-0.15, -0.1) is 0 Å². The van der Waals surface area contributed by atoms with Crippen LogP contribution in [0, 0.1) is 17.8 Å². The first kappa shape index (κ1) is 12.6. The lowest BCUT2D eigenvalue weighted by atomic mass is 10.0. The van der Waals surface area contributed by atoms with E-state index in [0.717, 1.165) is 11.3 Å². The molecule has 0 bridgehead atoms. The van der Waals surface area contributed by atoms with Gasteiger partial charge in [-0.1, -0.05) is 25.1 Å². The van der Waals surface area contributed by atoms with E-state index in [1.165, 1.54) is 25.7 Å². The molecule has 2 saturated carbocycles. The van der Waals surface area contributed by atoms with Crippen LogP contribution < -0.4 is 11.1 Å². The van der Waals surface area contributed by atoms with Gasteiger partial charge in [-0.3, -0.25) is 4.79 Å². The van der Waals surface area contributed by atoms with Crippen LogP contribution in [-0.4, -0.2) is 10.9 Å². The van der Waals surface area contributed by atoms with E-state index < -0.39 is 0 Å². The number of hydrogen-bond acceptors (Lipinski definition) is 2. The maximum Gasteiger partial charge on any atom is 0.228 e. The van der Waals surface area contributed by atoms with Gasteiger partial charge >= 0.3 is 0 Å². The van der Waals surface area contributed by atoms with Crippen molar-refractivity contribution in [2.24, 2.45) is 23.5 Å². The summed E-state index contributed by atoms with van der Waals surface area (Å²) in [4.78, 5) is 12.6. The van der Waals surface area contributed by atoms with Crippen molar-refractivity contribution < 1.29 is 4.79 Å². The average Bonchev–Trinajstić information content (AvgIpc) is 3.13. The van der Waals surface area contributed by atoms with E-state index in [0.29, 0.717) is 16.8 Å². The number of benzene rings is 1. The van der Waals surface area contributed by atoms with Crippen molar-refractivity contribution in [2.75, 3.05) is 5.32 Å². The Morgan fingerprint density at radius 1 is 1.16 bits per heavy atom. The first-order valence-electron chi connectivity index (χ1n) is 6.87. The topological polar surface area (TPSA) is 55.1 Å². The van der Waals surface area contributed by atoms with Crippen molar-refractivity contribution >= 4 is 28.8 Å². The first-order valence-corrected chi connectivity index (χ1v) is 7.28. The second-order valence-corrected chi connectivity index (χ2v) is 6.01. The summed E-state index contributed by atoms with van der Waals surface area (Å²) in [6.07, 6.45) is 5.02. The van der Waals surface area contributed by atoms with Crippen LogP contribution in [0.1, 0.15) is 31.2 Å². The number of carbonyl (C=O) groups excluding carboxylic acids is 1. The predicted molar refractivity (Wildman–Crippen MR) is 79.9 cm³/mol. The zero-order chi connectivity index (χ0) is 13.4. The number of hydrogen-bond donors (Lipinski definition) is 2. The van der Waals surface area contributed by atoms with Gasteiger partial charge in [-0.05, 0) is 48.9 Å². The standard InChI is InChI=1S/C15H18N2OS/c16-14(19)9-5-7-10(8-6-9)17-15(18)13-11-3-1-2-4-12(11)13/h5-8,11-13H,1-4H2,(H2,16,19)(H,17,18). The Balaban J connectivity index is 1.62. The first-order chi connectivity index (χ1) is 9.16. The number of anilines is 1. The largest absolute Gasteiger partial charge is 0.389 e. The highest BCUT2D eigenvalue weighted by molar-refractivity contribution is 7.80. The second kappa shape index (κ2) is 4.93. The molecular weight excluding hydrogens is 256 g/mol. The Labute approximate surface area is 118 Å². The number of nitrogens with two attached hydrogens (primary N) is 1. The summed E-state index contributed by atoms with van der Waals surface area (Å²) in [7, 11) is 0. The molecule has 3 N–H and O–H groups in total. The van der Waals surface area contributed by atoms with E-state index in [-0.39, 0.29) is 11.8 Å². The minimum atomic E-state index is 0.181. The zero-order valence-electron chi connectivity index (χ0n) is 10.8. The minimum absolute atomic E-state index is 0.181. The molecule has 1 aromatic carbocycles. The van der Waals surface area contributed by atoms with Gasteiger partial charge in [0.05, 0.1) is 0 Å². The van der Waals surface area contributed by atoms with Gasteiger partial charge in [0, 0.05) is 17.2 Å². The lowest BCUT2D eigenvalue weighted by molar-refractivity contribution is -0.117. The smallest absolute Gasteiger partial charge is 0.228 e. The Bertz CT molecular complexity index is 499. The SMILES string of the molecule is NC(=S)c1ccc(NC(=O)C2C3CCCCC32)cc1. The lowest BCUT2D eigenvalue weighted by Gasteiger charge is -2.05. The predicted octanol–water partition coefficient (Wildman–Crippen LogP) is 2.70. The molecular formula is C15H18N2OS. The summed E-state index contributed by atoms with van der Waals surface area (Å²) >= 11 is 4.90. The van der Waals surface area contributed by atoms with Crippen LogP contribution in [0.25, 0.3) is 0 Å². The molecule has 2 unspecified atom stereocenters. The molecule has 1 aromatic rings. The molecule has 0 spiro atoms. The van der Waals surface area contributed by atoms with Crippen molar-refractivity contribution in [1.82, 2.24) is 0 Å². The molecule has 19 heavy (non-hydrogen) atoms. The van der Waals surface area contributed by atoms with Crippen LogP contribution in [0.5, 0.6) is 0 Å². The van der Waals surface area contributed by atoms with Gasteiger partial charge in [-0.25, -0.2) is 0 Å². The van der Waals surface area contributed by atoms with Gasteiger partial charge in [0.25, 0.3) is 0 Å². The normalized spacial score (nSPS) is 28.3. The van der Waals surface area contributed by atoms with Crippen LogP contribution in [-0.2, 0) is 4.79 Å². The van der Waals surface area contributed by atoms with E-state index in [9.17, 15) is 4.79 Å². The summed E-state index contributed by atoms with van der Waals surface area (Å²) in [5, 5.41) is 3.00. The maximum absolute atomic E-state index is 12.2. The Morgan fingerprint density at radius 2 is 1.74 bits per heavy atom. The average molecular weight is 274 g/mol. The summed E-state index contributed by atoms with van der Waals surface area (Å²) in [6, 6.07) is 7.41. The molecule has 0 heterocycles. The van der Waals surface area contributed by atoms with Crippen LogP contribution in [0.3, 0.4) is 0 Å². The number of fused-ring (bicyclic) bond motifs is 1. The van der Waals surface area contributed by atoms with Crippen LogP contribution in [0.15, 0.2) is 24.3 Å². The van der Waals surface area contributed by atoms with Gasteiger partial charge in [0.1, 0.15) is 4.99 Å². The number of amides is 1. The van der Waals surface area contributed by atoms with Crippen LogP contribution in [0.2, 0.25) is 0 Å². The fraction of sp³-hybridized carbons (Fsp3) is 0.467. The summed E-state index contributed by atoms with van der Waals surface area (Å²) in [5.74, 6) is 1.71. The third kappa shape index (κ3) is 2.50. The third-order valence-electron chi connectivity index (χ3n) is 4.40. The number of thiocarbonyl (C=S) groups is 1. The number of nitrogens with one attached hydrogen (secondary N) is 1. The number of carbonyl (C=O) groups is 1. The van der Waals surface area contributed by atoms with Crippen molar-refractivity contribution in [3.63, 3.8) is 0 Å². The highest BCUT2D eigenvalue weighted by atomic mass is 32.1. The fourth-order valence-electron chi connectivity index (χ4n) is 3.32. The van der Waals surface area contributed by atoms with E-state index in [1.54, 1.807) is 0 Å². The van der Waals surface area contributed by atoms with E-state index in [1.807, 2.05) is 24.3 Å². The van der Waals surface area contributed by atoms with Gasteiger partial charge < -0.3 is 11.1 Å². The van der Waals surface area contributed by atoms with E-state index >= 15 is 0 Å². The molecule has 1 amide bonds. The quantitative estimate of drug-likeness (QED) is 0.833. The molecule has 0 radical (unpaired) electrons. The third-order valence-corrected chi connectivity index (χ3v) is 4.63. The molecule has 0 aromatic heterocycles. The molecule has 100 valence electrons. The van der Waals surface area contributed by atoms with Crippen LogP contribution in [0.4, 0.5) is 5.69 Å². The Morgan fingerprint density at radius 3 is 2.26 bits per heavy atom. The van der Waals surface area contributed by atoms with Crippen molar-refractivity contribution in [1.29, 1.82) is 0 Å². The van der Waals surface area contributed by atoms with Crippen molar-refractivity contribution in [3.8, 4) is 0 Å². The Kier molecular flexibility index (Phi) is 3.27. The summed E-state index contributed by atoms with van der Waals surface area (Å²) in [6.45, 7) is 0. The molecule has 2 fully saturated rings. The van der Waals surface area contributed by atoms with E-state index in [2.05, 4.69) is 5.32 Å². The molecule has 3 rings (SSSR count). The molecule has 2 atom stereocenters. The van der Waals surface area contributed by atoms with Gasteiger partial charge in [-0.2, -0.15) is 0 Å². The highest BCUT2D eigenvalue weighted by Crippen LogP contribution is 2.55. The Hall–Kier alpha value is -1.42. The molecule has 3 nitrogen and oxygen atoms in total. The highest BCUT2D eigenvalue weighted by Gasteiger charge is 2.54. The molecule has 0 saturated heterocycles. The van der Waals surface area contributed by atoms with Gasteiger partial charge in [0.2, 0.25) is 5.91 Å². The molecule has 2 aliphatic rings. The minimum Gasteiger partial charge on any atom is -0.389 e. The molecule has 0 aliphatic heterocycles. The number of rotatable bonds is 3. The summed E-state index contributed by atoms with van der Waals surface area (Å²) in [5.41, 5.74) is 7.20. The van der Waals surface area contributed by atoms with Crippen molar-refractivity contribution in [2.45, 2.75) is 25.7 Å². The van der Waals surface area contributed by atoms with E-state index in [4.69, 9.17) is 18.0 Å². The monoisotopic (exact) mass is 274 g/mol. The zero-order valence-corrected chi connectivity index (χ0v) is 11.6. The second-order valence-electron chi connectivity index (χ2n) is 5.57. The fourth-order valence-corrected chi connectivity index (χ4v) is 3.46.